The minimum Gasteiger partial charge on any atom is -0.310 e. The number of nitrogens with one attached hydrogen (secondary N) is 1. The average molecular weight is 363 g/mol. The second-order valence-electron chi connectivity index (χ2n) is 4.65. The maximum Gasteiger partial charge on any atom is 0.0468 e. The van der Waals surface area contributed by atoms with Crippen molar-refractivity contribution in [3.05, 3.63) is 67.6 Å². The summed E-state index contributed by atoms with van der Waals surface area (Å²) in [4.78, 5) is 0. The third-order valence-corrected chi connectivity index (χ3v) is 4.64. The van der Waals surface area contributed by atoms with Gasteiger partial charge < -0.3 is 5.32 Å². The highest BCUT2D eigenvalue weighted by molar-refractivity contribution is 6.36. The van der Waals surface area contributed by atoms with E-state index in [1.807, 2.05) is 43.3 Å². The number of likely N-dealkylation sites (N-methyl/N-ethyl adjacent to an activating group) is 1. The van der Waals surface area contributed by atoms with Crippen LogP contribution in [0, 0.1) is 0 Å². The summed E-state index contributed by atoms with van der Waals surface area (Å²) in [5, 5.41) is 5.96. The molecule has 0 saturated heterocycles. The Balaban J connectivity index is 2.41. The molecule has 21 heavy (non-hydrogen) atoms. The van der Waals surface area contributed by atoms with Crippen molar-refractivity contribution < 1.29 is 0 Å². The average Bonchev–Trinajstić information content (AvgIpc) is 2.42. The standard InChI is InChI=1S/C16H15Cl4N/c1-2-21-15(16-13(19)7-4-8-14(16)20)9-10-11(17)5-3-6-12(10)18/h3-8,15,21H,2,9H2,1H3. The van der Waals surface area contributed by atoms with Gasteiger partial charge in [0.05, 0.1) is 0 Å². The van der Waals surface area contributed by atoms with Crippen molar-refractivity contribution in [2.24, 2.45) is 0 Å². The van der Waals surface area contributed by atoms with Gasteiger partial charge in [-0.25, -0.2) is 0 Å². The highest BCUT2D eigenvalue weighted by Gasteiger charge is 2.20. The van der Waals surface area contributed by atoms with Crippen LogP contribution in [-0.2, 0) is 6.42 Å². The summed E-state index contributed by atoms with van der Waals surface area (Å²) in [6.07, 6.45) is 0.621. The molecule has 1 N–H and O–H groups in total. The summed E-state index contributed by atoms with van der Waals surface area (Å²) >= 11 is 25.2. The van der Waals surface area contributed by atoms with E-state index in [4.69, 9.17) is 46.4 Å². The maximum absolute atomic E-state index is 6.32. The molecule has 1 atom stereocenters. The minimum absolute atomic E-state index is 0.0476. The van der Waals surface area contributed by atoms with E-state index in [9.17, 15) is 0 Å². The van der Waals surface area contributed by atoms with E-state index in [-0.39, 0.29) is 6.04 Å². The second-order valence-corrected chi connectivity index (χ2v) is 6.28. The Hall–Kier alpha value is -0.440. The molecule has 0 spiro atoms. The Kier molecular flexibility index (Phi) is 6.21. The van der Waals surface area contributed by atoms with Crippen LogP contribution in [0.15, 0.2) is 36.4 Å². The normalized spacial score (nSPS) is 12.4. The molecule has 5 heteroatoms. The number of benzene rings is 2. The molecule has 0 heterocycles. The molecule has 0 amide bonds. The second kappa shape index (κ2) is 7.71. The van der Waals surface area contributed by atoms with E-state index in [1.54, 1.807) is 0 Å². The first-order valence-electron chi connectivity index (χ1n) is 6.64. The molecule has 2 rings (SSSR count). The highest BCUT2D eigenvalue weighted by Crippen LogP contribution is 2.35. The Morgan fingerprint density at radius 3 is 1.81 bits per heavy atom. The topological polar surface area (TPSA) is 12.0 Å². The van der Waals surface area contributed by atoms with Gasteiger partial charge >= 0.3 is 0 Å². The molecule has 0 aliphatic heterocycles. The molecule has 1 unspecified atom stereocenters. The van der Waals surface area contributed by atoms with Crippen LogP contribution in [-0.4, -0.2) is 6.54 Å². The van der Waals surface area contributed by atoms with Crippen molar-refractivity contribution in [1.82, 2.24) is 5.32 Å². The van der Waals surface area contributed by atoms with Gasteiger partial charge in [0.25, 0.3) is 0 Å². The Bertz CT molecular complexity index is 587. The van der Waals surface area contributed by atoms with E-state index in [2.05, 4.69) is 5.32 Å². The summed E-state index contributed by atoms with van der Waals surface area (Å²) in [5.41, 5.74) is 1.77. The number of rotatable bonds is 5. The van der Waals surface area contributed by atoms with Gasteiger partial charge in [-0.2, -0.15) is 0 Å². The summed E-state index contributed by atoms with van der Waals surface area (Å²) in [6.45, 7) is 2.82. The molecule has 112 valence electrons. The minimum atomic E-state index is -0.0476. The van der Waals surface area contributed by atoms with Crippen LogP contribution in [0.1, 0.15) is 24.1 Å². The molecule has 1 nitrogen and oxygen atoms in total. The van der Waals surface area contributed by atoms with Crippen LogP contribution in [0.4, 0.5) is 0 Å². The third kappa shape index (κ3) is 4.06. The van der Waals surface area contributed by atoms with Gasteiger partial charge in [0, 0.05) is 31.7 Å². The molecule has 0 aliphatic rings. The Morgan fingerprint density at radius 2 is 1.33 bits per heavy atom. The fraction of sp³-hybridized carbons (Fsp3) is 0.250. The van der Waals surface area contributed by atoms with E-state index in [0.29, 0.717) is 26.5 Å². The van der Waals surface area contributed by atoms with Gasteiger partial charge in [-0.05, 0) is 42.8 Å². The summed E-state index contributed by atoms with van der Waals surface area (Å²) in [6, 6.07) is 11.0. The predicted molar refractivity (Wildman–Crippen MR) is 93.0 cm³/mol. The van der Waals surface area contributed by atoms with E-state index < -0.39 is 0 Å². The third-order valence-electron chi connectivity index (χ3n) is 3.27. The zero-order valence-electron chi connectivity index (χ0n) is 11.5. The lowest BCUT2D eigenvalue weighted by atomic mass is 9.98. The summed E-state index contributed by atoms with van der Waals surface area (Å²) in [5.74, 6) is 0. The van der Waals surface area contributed by atoms with Gasteiger partial charge in [-0.15, -0.1) is 0 Å². The molecular formula is C16H15Cl4N. The molecule has 2 aromatic rings. The lowest BCUT2D eigenvalue weighted by Gasteiger charge is -2.22. The summed E-state index contributed by atoms with van der Waals surface area (Å²) < 4.78 is 0. The van der Waals surface area contributed by atoms with Gasteiger partial charge in [0.1, 0.15) is 0 Å². The molecule has 2 aromatic carbocycles. The van der Waals surface area contributed by atoms with Crippen molar-refractivity contribution in [3.8, 4) is 0 Å². The lowest BCUT2D eigenvalue weighted by molar-refractivity contribution is 0.550. The zero-order valence-corrected chi connectivity index (χ0v) is 14.5. The number of hydrogen-bond acceptors (Lipinski definition) is 1. The molecule has 0 aliphatic carbocycles. The van der Waals surface area contributed by atoms with Gasteiger partial charge in [0.2, 0.25) is 0 Å². The molecule has 0 saturated carbocycles. The van der Waals surface area contributed by atoms with Crippen LogP contribution in [0.25, 0.3) is 0 Å². The first kappa shape index (κ1) is 16.9. The van der Waals surface area contributed by atoms with Crippen molar-refractivity contribution in [1.29, 1.82) is 0 Å². The van der Waals surface area contributed by atoms with Crippen LogP contribution < -0.4 is 5.32 Å². The lowest BCUT2D eigenvalue weighted by Crippen LogP contribution is -2.24. The SMILES string of the molecule is CCNC(Cc1c(Cl)cccc1Cl)c1c(Cl)cccc1Cl. The molecule has 0 radical (unpaired) electrons. The maximum atomic E-state index is 6.32. The number of halogens is 4. The number of hydrogen-bond donors (Lipinski definition) is 1. The smallest absolute Gasteiger partial charge is 0.0468 e. The fourth-order valence-electron chi connectivity index (χ4n) is 2.30. The van der Waals surface area contributed by atoms with Crippen molar-refractivity contribution in [2.75, 3.05) is 6.54 Å². The van der Waals surface area contributed by atoms with Gasteiger partial charge in [0.15, 0.2) is 0 Å². The van der Waals surface area contributed by atoms with Gasteiger partial charge in [-0.1, -0.05) is 65.5 Å². The predicted octanol–water partition coefficient (Wildman–Crippen LogP) is 6.19. The Morgan fingerprint density at radius 1 is 0.857 bits per heavy atom. The summed E-state index contributed by atoms with van der Waals surface area (Å²) in [7, 11) is 0. The Labute approximate surface area is 145 Å². The first-order chi connectivity index (χ1) is 10.0. The van der Waals surface area contributed by atoms with Gasteiger partial charge in [-0.3, -0.25) is 0 Å². The van der Waals surface area contributed by atoms with E-state index in [1.165, 1.54) is 0 Å². The fourth-order valence-corrected chi connectivity index (χ4v) is 3.51. The van der Waals surface area contributed by atoms with Crippen molar-refractivity contribution >= 4 is 46.4 Å². The first-order valence-corrected chi connectivity index (χ1v) is 8.16. The van der Waals surface area contributed by atoms with Crippen LogP contribution >= 0.6 is 46.4 Å². The van der Waals surface area contributed by atoms with Crippen LogP contribution in [0.5, 0.6) is 0 Å². The molecule has 0 fully saturated rings. The van der Waals surface area contributed by atoms with E-state index >= 15 is 0 Å². The van der Waals surface area contributed by atoms with E-state index in [0.717, 1.165) is 17.7 Å². The van der Waals surface area contributed by atoms with Crippen molar-refractivity contribution in [2.45, 2.75) is 19.4 Å². The van der Waals surface area contributed by atoms with Crippen LogP contribution in [0.2, 0.25) is 20.1 Å². The quantitative estimate of drug-likeness (QED) is 0.668. The van der Waals surface area contributed by atoms with Crippen molar-refractivity contribution in [3.63, 3.8) is 0 Å². The molecular weight excluding hydrogens is 348 g/mol. The molecule has 0 bridgehead atoms. The van der Waals surface area contributed by atoms with Crippen LogP contribution in [0.3, 0.4) is 0 Å². The zero-order chi connectivity index (χ0) is 15.4. The molecule has 0 aromatic heterocycles. The monoisotopic (exact) mass is 361 g/mol. The highest BCUT2D eigenvalue weighted by atomic mass is 35.5. The largest absolute Gasteiger partial charge is 0.310 e.